The first-order valence-electron chi connectivity index (χ1n) is 9.05. The van der Waals surface area contributed by atoms with Gasteiger partial charge >= 0.3 is 5.97 Å². The van der Waals surface area contributed by atoms with Gasteiger partial charge in [-0.1, -0.05) is 12.1 Å². The van der Waals surface area contributed by atoms with E-state index in [0.717, 1.165) is 37.6 Å². The molecule has 2 aliphatic carbocycles. The van der Waals surface area contributed by atoms with Crippen molar-refractivity contribution in [1.29, 1.82) is 0 Å². The maximum absolute atomic E-state index is 11.1. The van der Waals surface area contributed by atoms with Crippen LogP contribution in [0.5, 0.6) is 5.75 Å². The summed E-state index contributed by atoms with van der Waals surface area (Å²) in [5, 5.41) is 12.7. The van der Waals surface area contributed by atoms with Crippen LogP contribution in [0.15, 0.2) is 24.3 Å². The average Bonchev–Trinajstić information content (AvgIpc) is 3.31. The molecule has 2 fully saturated rings. The van der Waals surface area contributed by atoms with Gasteiger partial charge in [0.25, 0.3) is 0 Å². The van der Waals surface area contributed by atoms with Gasteiger partial charge in [0.15, 0.2) is 0 Å². The molecule has 2 aliphatic rings. The normalized spacial score (nSPS) is 23.1. The zero-order valence-electron chi connectivity index (χ0n) is 14.4. The summed E-state index contributed by atoms with van der Waals surface area (Å²) in [6, 6.07) is 9.13. The lowest BCUT2D eigenvalue weighted by atomic mass is 9.85. The first kappa shape index (κ1) is 17.2. The second-order valence-corrected chi connectivity index (χ2v) is 7.05. The largest absolute Gasteiger partial charge is 0.494 e. The number of rotatable bonds is 10. The predicted octanol–water partition coefficient (Wildman–Crippen LogP) is 2.50. The molecule has 0 aliphatic heterocycles. The van der Waals surface area contributed by atoms with Gasteiger partial charge in [-0.2, -0.15) is 0 Å². The number of nitrogens with zero attached hydrogens (tertiary/aromatic N) is 1. The quantitative estimate of drug-likeness (QED) is 0.689. The highest BCUT2D eigenvalue weighted by molar-refractivity contribution is 5.69. The number of nitrogens with one attached hydrogen (secondary N) is 1. The molecule has 1 aromatic carbocycles. The van der Waals surface area contributed by atoms with Crippen LogP contribution in [0.1, 0.15) is 38.2 Å². The van der Waals surface area contributed by atoms with Crippen molar-refractivity contribution in [1.82, 2.24) is 10.2 Å². The molecule has 0 unspecified atom stereocenters. The fourth-order valence-electron chi connectivity index (χ4n) is 3.33. The Morgan fingerprint density at radius 1 is 1.29 bits per heavy atom. The fraction of sp³-hybridized carbons (Fsp3) is 0.632. The third kappa shape index (κ3) is 4.95. The van der Waals surface area contributed by atoms with Crippen LogP contribution >= 0.6 is 0 Å². The highest BCUT2D eigenvalue weighted by Crippen LogP contribution is 2.33. The molecule has 5 nitrogen and oxygen atoms in total. The molecule has 0 saturated heterocycles. The van der Waals surface area contributed by atoms with Crippen LogP contribution in [0.4, 0.5) is 0 Å². The van der Waals surface area contributed by atoms with Gasteiger partial charge in [-0.3, -0.25) is 9.69 Å². The molecule has 0 bridgehead atoms. The van der Waals surface area contributed by atoms with Crippen molar-refractivity contribution in [3.63, 3.8) is 0 Å². The Labute approximate surface area is 144 Å². The second kappa shape index (κ2) is 7.99. The SMILES string of the molecule is CCOc1ccc(CNC2CC(N(CC(=O)O)CC3CC3)C2)cc1. The standard InChI is InChI=1S/C19H28N2O3/c1-2-24-18-7-5-14(6-8-18)11-20-16-9-17(10-16)21(13-19(22)23)12-15-3-4-15/h5-8,15-17,20H,2-4,9-13H2,1H3,(H,22,23). The van der Waals surface area contributed by atoms with E-state index in [2.05, 4.69) is 22.3 Å². The Balaban J connectivity index is 1.39. The van der Waals surface area contributed by atoms with Crippen molar-refractivity contribution in [2.24, 2.45) is 5.92 Å². The molecular formula is C19H28N2O3. The molecule has 0 heterocycles. The summed E-state index contributed by atoms with van der Waals surface area (Å²) in [6.45, 7) is 4.68. The van der Waals surface area contributed by atoms with E-state index in [1.54, 1.807) is 0 Å². The lowest BCUT2D eigenvalue weighted by Crippen LogP contribution is -2.54. The number of carboxylic acid groups (broad SMARTS) is 1. The van der Waals surface area contributed by atoms with Crippen LogP contribution in [0, 0.1) is 5.92 Å². The predicted molar refractivity (Wildman–Crippen MR) is 93.2 cm³/mol. The van der Waals surface area contributed by atoms with E-state index >= 15 is 0 Å². The number of benzene rings is 1. The summed E-state index contributed by atoms with van der Waals surface area (Å²) in [5.74, 6) is 0.941. The molecule has 0 amide bonds. The van der Waals surface area contributed by atoms with Crippen molar-refractivity contribution < 1.29 is 14.6 Å². The lowest BCUT2D eigenvalue weighted by molar-refractivity contribution is -0.139. The summed E-state index contributed by atoms with van der Waals surface area (Å²) in [7, 11) is 0. The molecule has 5 heteroatoms. The minimum absolute atomic E-state index is 0.187. The number of carbonyl (C=O) groups is 1. The Morgan fingerprint density at radius 2 is 2.00 bits per heavy atom. The third-order valence-corrected chi connectivity index (χ3v) is 4.99. The number of hydrogen-bond acceptors (Lipinski definition) is 4. The first-order chi connectivity index (χ1) is 11.6. The molecule has 2 N–H and O–H groups in total. The third-order valence-electron chi connectivity index (χ3n) is 4.99. The van der Waals surface area contributed by atoms with Gasteiger partial charge in [0.05, 0.1) is 13.2 Å². The van der Waals surface area contributed by atoms with Crippen molar-refractivity contribution in [3.05, 3.63) is 29.8 Å². The lowest BCUT2D eigenvalue weighted by Gasteiger charge is -2.43. The summed E-state index contributed by atoms with van der Waals surface area (Å²) >= 11 is 0. The van der Waals surface area contributed by atoms with Crippen LogP contribution in [-0.4, -0.2) is 47.8 Å². The van der Waals surface area contributed by atoms with Gasteiger partial charge < -0.3 is 15.2 Å². The summed E-state index contributed by atoms with van der Waals surface area (Å²) in [5.41, 5.74) is 1.25. The zero-order valence-corrected chi connectivity index (χ0v) is 14.4. The molecular weight excluding hydrogens is 304 g/mol. The minimum atomic E-state index is -0.707. The number of hydrogen-bond donors (Lipinski definition) is 2. The van der Waals surface area contributed by atoms with Crippen molar-refractivity contribution in [2.45, 2.75) is 51.2 Å². The van der Waals surface area contributed by atoms with E-state index in [1.807, 2.05) is 19.1 Å². The monoisotopic (exact) mass is 332 g/mol. The van der Waals surface area contributed by atoms with Crippen molar-refractivity contribution in [2.75, 3.05) is 19.7 Å². The Hall–Kier alpha value is -1.59. The highest BCUT2D eigenvalue weighted by Gasteiger charge is 2.36. The van der Waals surface area contributed by atoms with Gasteiger partial charge in [-0.15, -0.1) is 0 Å². The van der Waals surface area contributed by atoms with Gasteiger partial charge in [0.2, 0.25) is 0 Å². The Morgan fingerprint density at radius 3 is 2.58 bits per heavy atom. The molecule has 132 valence electrons. The minimum Gasteiger partial charge on any atom is -0.494 e. The molecule has 0 atom stereocenters. The molecule has 3 rings (SSSR count). The Kier molecular flexibility index (Phi) is 5.74. The molecule has 1 aromatic rings. The van der Waals surface area contributed by atoms with E-state index in [9.17, 15) is 4.79 Å². The van der Waals surface area contributed by atoms with E-state index in [0.29, 0.717) is 18.7 Å². The molecule has 2 saturated carbocycles. The summed E-state index contributed by atoms with van der Waals surface area (Å²) in [6.07, 6.45) is 4.64. The smallest absolute Gasteiger partial charge is 0.317 e. The van der Waals surface area contributed by atoms with Crippen LogP contribution < -0.4 is 10.1 Å². The number of aliphatic carboxylic acids is 1. The van der Waals surface area contributed by atoms with E-state index < -0.39 is 5.97 Å². The maximum atomic E-state index is 11.1. The van der Waals surface area contributed by atoms with E-state index in [-0.39, 0.29) is 6.54 Å². The van der Waals surface area contributed by atoms with Crippen molar-refractivity contribution >= 4 is 5.97 Å². The second-order valence-electron chi connectivity index (χ2n) is 7.05. The van der Waals surface area contributed by atoms with Crippen molar-refractivity contribution in [3.8, 4) is 5.75 Å². The fourth-order valence-corrected chi connectivity index (χ4v) is 3.33. The maximum Gasteiger partial charge on any atom is 0.317 e. The molecule has 0 aromatic heterocycles. The number of carboxylic acids is 1. The van der Waals surface area contributed by atoms with Crippen LogP contribution in [0.3, 0.4) is 0 Å². The van der Waals surface area contributed by atoms with E-state index in [1.165, 1.54) is 18.4 Å². The summed E-state index contributed by atoms with van der Waals surface area (Å²) in [4.78, 5) is 13.2. The van der Waals surface area contributed by atoms with Gasteiger partial charge in [0.1, 0.15) is 5.75 Å². The van der Waals surface area contributed by atoms with Crippen LogP contribution in [0.25, 0.3) is 0 Å². The summed E-state index contributed by atoms with van der Waals surface area (Å²) < 4.78 is 5.45. The highest BCUT2D eigenvalue weighted by atomic mass is 16.5. The van der Waals surface area contributed by atoms with Crippen LogP contribution in [-0.2, 0) is 11.3 Å². The van der Waals surface area contributed by atoms with Gasteiger partial charge in [0, 0.05) is 25.2 Å². The molecule has 0 radical (unpaired) electrons. The van der Waals surface area contributed by atoms with E-state index in [4.69, 9.17) is 9.84 Å². The molecule has 0 spiro atoms. The van der Waals surface area contributed by atoms with Gasteiger partial charge in [-0.05, 0) is 56.2 Å². The average molecular weight is 332 g/mol. The van der Waals surface area contributed by atoms with Crippen LogP contribution in [0.2, 0.25) is 0 Å². The van der Waals surface area contributed by atoms with Gasteiger partial charge in [-0.25, -0.2) is 0 Å². The molecule has 24 heavy (non-hydrogen) atoms. The Bertz CT molecular complexity index is 536. The topological polar surface area (TPSA) is 61.8 Å². The first-order valence-corrected chi connectivity index (χ1v) is 9.05. The number of ether oxygens (including phenoxy) is 1. The zero-order chi connectivity index (χ0) is 16.9.